The maximum absolute atomic E-state index is 14.0. The van der Waals surface area contributed by atoms with E-state index < -0.39 is 24.3 Å². The Hall–Kier alpha value is -6.96. The zero-order chi connectivity index (χ0) is 41.3. The molecule has 6 aromatic rings. The first-order valence-corrected chi connectivity index (χ1v) is 20.4. The van der Waals surface area contributed by atoms with Gasteiger partial charge in [0.15, 0.2) is 0 Å². The summed E-state index contributed by atoms with van der Waals surface area (Å²) in [5.41, 5.74) is 8.50. The second-order valence-electron chi connectivity index (χ2n) is 15.6. The van der Waals surface area contributed by atoms with Crippen LogP contribution in [0.25, 0.3) is 44.5 Å². The Kier molecular flexibility index (Phi) is 10.5. The van der Waals surface area contributed by atoms with E-state index in [1.807, 2.05) is 47.5 Å². The average molecular weight is 807 g/mol. The number of carbonyl (C=O) groups is 4. The number of alkyl carbamates (subject to hydrolysis) is 2. The highest BCUT2D eigenvalue weighted by atomic mass is 16.5. The van der Waals surface area contributed by atoms with Crippen LogP contribution in [0.1, 0.15) is 73.9 Å². The van der Waals surface area contributed by atoms with Gasteiger partial charge in [-0.2, -0.15) is 0 Å². The fourth-order valence-corrected chi connectivity index (χ4v) is 9.07. The largest absolute Gasteiger partial charge is 0.453 e. The number of piperidine rings is 1. The minimum absolute atomic E-state index is 0.0878. The van der Waals surface area contributed by atoms with Crippen molar-refractivity contribution in [3.8, 4) is 33.5 Å². The molecule has 1 unspecified atom stereocenters. The number of H-pyrrole nitrogens is 2. The van der Waals surface area contributed by atoms with Crippen LogP contribution in [-0.4, -0.2) is 86.6 Å². The summed E-state index contributed by atoms with van der Waals surface area (Å²) in [7, 11) is 2.58. The minimum Gasteiger partial charge on any atom is -0.453 e. The zero-order valence-electron chi connectivity index (χ0n) is 33.4. The molecule has 5 atom stereocenters. The molecule has 4 aromatic carbocycles. The molecule has 3 aliphatic rings. The number of carbonyl (C=O) groups excluding carboxylic acids is 4. The second-order valence-corrected chi connectivity index (χ2v) is 15.6. The number of benzene rings is 4. The lowest BCUT2D eigenvalue weighted by atomic mass is 9.98. The summed E-state index contributed by atoms with van der Waals surface area (Å²) in [4.78, 5) is 71.7. The highest BCUT2D eigenvalue weighted by molar-refractivity contribution is 5.89. The van der Waals surface area contributed by atoms with E-state index in [-0.39, 0.29) is 29.9 Å². The molecule has 14 nitrogen and oxygen atoms in total. The van der Waals surface area contributed by atoms with E-state index in [1.165, 1.54) is 14.2 Å². The molecule has 0 radical (unpaired) electrons. The second kappa shape index (κ2) is 16.4. The molecule has 0 aliphatic carbocycles. The number of amides is 4. The van der Waals surface area contributed by atoms with E-state index in [0.29, 0.717) is 18.5 Å². The van der Waals surface area contributed by atoms with E-state index in [4.69, 9.17) is 19.4 Å². The Balaban J connectivity index is 0.871. The summed E-state index contributed by atoms with van der Waals surface area (Å²) in [6, 6.07) is 30.4. The summed E-state index contributed by atoms with van der Waals surface area (Å²) >= 11 is 0. The molecule has 5 heterocycles. The van der Waals surface area contributed by atoms with E-state index in [2.05, 4.69) is 81.3 Å². The number of rotatable bonds is 9. The van der Waals surface area contributed by atoms with Crippen molar-refractivity contribution in [2.45, 2.75) is 68.7 Å². The Labute approximate surface area is 346 Å². The number of hydrogen-bond donors (Lipinski definition) is 4. The maximum Gasteiger partial charge on any atom is 0.407 e. The third-order valence-corrected chi connectivity index (χ3v) is 12.2. The first-order chi connectivity index (χ1) is 29.3. The van der Waals surface area contributed by atoms with Gasteiger partial charge < -0.3 is 39.9 Å². The molecule has 4 N–H and O–H groups in total. The Morgan fingerprint density at radius 3 is 2.12 bits per heavy atom. The van der Waals surface area contributed by atoms with Crippen LogP contribution in [0.5, 0.6) is 0 Å². The third kappa shape index (κ3) is 7.44. The van der Waals surface area contributed by atoms with Crippen LogP contribution in [0.2, 0.25) is 0 Å². The first kappa shape index (κ1) is 38.6. The van der Waals surface area contributed by atoms with E-state index >= 15 is 0 Å². The van der Waals surface area contributed by atoms with Crippen LogP contribution in [0, 0.1) is 0 Å². The monoisotopic (exact) mass is 806 g/mol. The lowest BCUT2D eigenvalue weighted by Crippen LogP contribution is -2.54. The fraction of sp³-hybridized carbons (Fsp3) is 0.304. The Morgan fingerprint density at radius 1 is 0.733 bits per heavy atom. The molecular formula is C46H46N8O6. The number of aromatic amines is 2. The molecule has 3 aliphatic heterocycles. The topological polar surface area (TPSA) is 175 Å². The number of aromatic nitrogens is 4. The van der Waals surface area contributed by atoms with E-state index in [9.17, 15) is 19.2 Å². The molecule has 0 saturated carbocycles. The number of fused-ring (bicyclic) bond motifs is 2. The van der Waals surface area contributed by atoms with Crippen molar-refractivity contribution >= 4 is 35.0 Å². The first-order valence-electron chi connectivity index (χ1n) is 20.4. The van der Waals surface area contributed by atoms with Crippen molar-refractivity contribution in [3.05, 3.63) is 120 Å². The van der Waals surface area contributed by atoms with E-state index in [1.54, 1.807) is 4.90 Å². The number of likely N-dealkylation sites (tertiary alicyclic amines) is 1. The van der Waals surface area contributed by atoms with Crippen LogP contribution >= 0.6 is 0 Å². The van der Waals surface area contributed by atoms with Crippen LogP contribution in [-0.2, 0) is 19.1 Å². The minimum atomic E-state index is -0.880. The van der Waals surface area contributed by atoms with Gasteiger partial charge in [0.1, 0.15) is 23.7 Å². The molecule has 306 valence electrons. The average Bonchev–Trinajstić information content (AvgIpc) is 4.13. The molecule has 3 saturated heterocycles. The molecule has 60 heavy (non-hydrogen) atoms. The smallest absolute Gasteiger partial charge is 0.407 e. The lowest BCUT2D eigenvalue weighted by Gasteiger charge is -2.37. The normalized spacial score (nSPS) is 20.5. The van der Waals surface area contributed by atoms with Crippen LogP contribution in [0.4, 0.5) is 9.59 Å². The van der Waals surface area contributed by atoms with Gasteiger partial charge in [-0.05, 0) is 84.0 Å². The SMILES string of the molecule is COC(=O)N[C@H]1CC[C@H]2CC[C@@H](c3ncc(-c4ccc(-c5ccc(-c6ccc7nc(C8CCCN8C(=O)[C@H](NC(=O)OC)c8ccccc8)[nH]c7c6)cc5)cc4)[nH]3)N2C1=O. The van der Waals surface area contributed by atoms with Gasteiger partial charge in [-0.3, -0.25) is 9.59 Å². The zero-order valence-corrected chi connectivity index (χ0v) is 33.4. The van der Waals surface area contributed by atoms with Crippen molar-refractivity contribution in [2.75, 3.05) is 20.8 Å². The number of methoxy groups -OCH3 is 2. The summed E-state index contributed by atoms with van der Waals surface area (Å²) in [6.45, 7) is 0.556. The molecular weight excluding hydrogens is 761 g/mol. The number of ether oxygens (including phenoxy) is 2. The molecule has 3 fully saturated rings. The standard InChI is InChI=1S/C46H46N8O6/c1-59-45(57)51-35-22-19-33-20-23-39(54(33)43(35)55)41-47-26-37(50-41)30-16-14-28(15-17-30)27-10-12-29(13-11-27)32-18-21-34-36(25-32)49-42(48-34)38-9-6-24-53(38)44(56)40(52-46(58)60-2)31-7-4-3-5-8-31/h3-5,7-8,10-18,21,25-26,33,35,38-40H,6,9,19-20,22-24H2,1-2H3,(H,47,50)(H,48,49)(H,51,57)(H,52,58)/t33-,35-,38?,39-,40+/m0/s1. The van der Waals surface area contributed by atoms with Gasteiger partial charge in [0, 0.05) is 12.6 Å². The summed E-state index contributed by atoms with van der Waals surface area (Å²) in [5.74, 6) is 1.17. The van der Waals surface area contributed by atoms with Crippen molar-refractivity contribution in [1.29, 1.82) is 0 Å². The van der Waals surface area contributed by atoms with Crippen molar-refractivity contribution in [2.24, 2.45) is 0 Å². The lowest BCUT2D eigenvalue weighted by molar-refractivity contribution is -0.139. The number of hydrogen-bond acceptors (Lipinski definition) is 8. The van der Waals surface area contributed by atoms with Gasteiger partial charge in [0.05, 0.1) is 49.2 Å². The van der Waals surface area contributed by atoms with Crippen LogP contribution < -0.4 is 10.6 Å². The van der Waals surface area contributed by atoms with Crippen molar-refractivity contribution < 1.29 is 28.7 Å². The van der Waals surface area contributed by atoms with Gasteiger partial charge >= 0.3 is 12.2 Å². The van der Waals surface area contributed by atoms with Gasteiger partial charge in [0.2, 0.25) is 5.91 Å². The summed E-state index contributed by atoms with van der Waals surface area (Å²) in [5, 5.41) is 5.41. The molecule has 0 bridgehead atoms. The quantitative estimate of drug-likeness (QED) is 0.116. The Morgan fingerprint density at radius 2 is 1.40 bits per heavy atom. The van der Waals surface area contributed by atoms with Crippen molar-refractivity contribution in [1.82, 2.24) is 40.4 Å². The van der Waals surface area contributed by atoms with Gasteiger partial charge in [-0.1, -0.05) is 84.9 Å². The van der Waals surface area contributed by atoms with Crippen LogP contribution in [0.3, 0.4) is 0 Å². The van der Waals surface area contributed by atoms with Crippen molar-refractivity contribution in [3.63, 3.8) is 0 Å². The number of nitrogens with zero attached hydrogens (tertiary/aromatic N) is 4. The number of nitrogens with one attached hydrogen (secondary N) is 4. The third-order valence-electron chi connectivity index (χ3n) is 12.2. The summed E-state index contributed by atoms with van der Waals surface area (Å²) in [6.07, 6.45) is 5.28. The van der Waals surface area contributed by atoms with Gasteiger partial charge in [-0.25, -0.2) is 19.6 Å². The maximum atomic E-state index is 14.0. The highest BCUT2D eigenvalue weighted by Gasteiger charge is 2.45. The molecule has 14 heteroatoms. The molecule has 4 amide bonds. The van der Waals surface area contributed by atoms with E-state index in [0.717, 1.165) is 88.3 Å². The molecule has 0 spiro atoms. The molecule has 2 aromatic heterocycles. The van der Waals surface area contributed by atoms with Gasteiger partial charge in [-0.15, -0.1) is 0 Å². The predicted octanol–water partition coefficient (Wildman–Crippen LogP) is 7.60. The predicted molar refractivity (Wildman–Crippen MR) is 224 cm³/mol. The molecule has 9 rings (SSSR count). The van der Waals surface area contributed by atoms with Gasteiger partial charge in [0.25, 0.3) is 5.91 Å². The highest BCUT2D eigenvalue weighted by Crippen LogP contribution is 2.41. The number of imidazole rings is 2. The fourth-order valence-electron chi connectivity index (χ4n) is 9.07. The van der Waals surface area contributed by atoms with Crippen LogP contribution in [0.15, 0.2) is 103 Å². The Bertz CT molecular complexity index is 2540. The summed E-state index contributed by atoms with van der Waals surface area (Å²) < 4.78 is 9.57.